The Morgan fingerprint density at radius 3 is 2.63 bits per heavy atom. The fraction of sp³-hybridized carbons (Fsp3) is 0.333. The molecule has 0 aliphatic heterocycles. The summed E-state index contributed by atoms with van der Waals surface area (Å²) in [5, 5.41) is 17.1. The average Bonchev–Trinajstić information content (AvgIpc) is 2.81. The highest BCUT2D eigenvalue weighted by molar-refractivity contribution is 6.02. The Kier molecular flexibility index (Phi) is 2.66. The average molecular weight is 255 g/mol. The van der Waals surface area contributed by atoms with E-state index < -0.39 is 0 Å². The molecule has 0 fully saturated rings. The van der Waals surface area contributed by atoms with Crippen molar-refractivity contribution in [1.29, 1.82) is 0 Å². The highest BCUT2D eigenvalue weighted by atomic mass is 16.4. The van der Waals surface area contributed by atoms with Crippen LogP contribution in [0.2, 0.25) is 0 Å². The summed E-state index contributed by atoms with van der Waals surface area (Å²) in [6, 6.07) is 10.1. The van der Waals surface area contributed by atoms with Crippen LogP contribution in [0.3, 0.4) is 0 Å². The van der Waals surface area contributed by atoms with Gasteiger partial charge in [-0.25, -0.2) is 4.68 Å². The van der Waals surface area contributed by atoms with Gasteiger partial charge < -0.3 is 5.21 Å². The number of benzene rings is 1. The standard InChI is InChI=1S/C15H17N3O/c1-15(2)8-13(17-19)12-10-16-18(14(12)9-15)11-6-4-3-5-7-11/h3-7,10,19H,8-9H2,1-2H3/b17-13+. The molecule has 0 saturated heterocycles. The van der Waals surface area contributed by atoms with Gasteiger partial charge in [0.25, 0.3) is 0 Å². The fourth-order valence-electron chi connectivity index (χ4n) is 2.73. The van der Waals surface area contributed by atoms with Crippen molar-refractivity contribution < 1.29 is 5.21 Å². The zero-order chi connectivity index (χ0) is 13.5. The van der Waals surface area contributed by atoms with Crippen molar-refractivity contribution in [2.45, 2.75) is 26.7 Å². The summed E-state index contributed by atoms with van der Waals surface area (Å²) in [5.41, 5.74) is 3.94. The van der Waals surface area contributed by atoms with E-state index in [1.807, 2.05) is 35.0 Å². The minimum absolute atomic E-state index is 0.0845. The van der Waals surface area contributed by atoms with Crippen molar-refractivity contribution >= 4 is 5.71 Å². The van der Waals surface area contributed by atoms with Gasteiger partial charge in [0.2, 0.25) is 0 Å². The summed E-state index contributed by atoms with van der Waals surface area (Å²) in [6.07, 6.45) is 3.50. The molecule has 2 aromatic rings. The van der Waals surface area contributed by atoms with Crippen LogP contribution in [0.1, 0.15) is 31.5 Å². The van der Waals surface area contributed by atoms with E-state index in [4.69, 9.17) is 0 Å². The van der Waals surface area contributed by atoms with Crippen LogP contribution in [0.15, 0.2) is 41.7 Å². The predicted molar refractivity (Wildman–Crippen MR) is 74.0 cm³/mol. The summed E-state index contributed by atoms with van der Waals surface area (Å²) < 4.78 is 1.95. The van der Waals surface area contributed by atoms with Crippen LogP contribution in [-0.2, 0) is 6.42 Å². The first-order valence-electron chi connectivity index (χ1n) is 6.44. The van der Waals surface area contributed by atoms with Crippen molar-refractivity contribution in [3.8, 4) is 5.69 Å². The maximum Gasteiger partial charge on any atom is 0.0907 e. The van der Waals surface area contributed by atoms with E-state index in [1.165, 1.54) is 0 Å². The third-order valence-corrected chi connectivity index (χ3v) is 3.59. The van der Waals surface area contributed by atoms with Gasteiger partial charge in [0.15, 0.2) is 0 Å². The second kappa shape index (κ2) is 4.23. The van der Waals surface area contributed by atoms with E-state index >= 15 is 0 Å². The number of hydrogen-bond acceptors (Lipinski definition) is 3. The largest absolute Gasteiger partial charge is 0.411 e. The van der Waals surface area contributed by atoms with Gasteiger partial charge in [0, 0.05) is 5.56 Å². The Labute approximate surface area is 112 Å². The topological polar surface area (TPSA) is 50.4 Å². The van der Waals surface area contributed by atoms with Crippen LogP contribution in [0, 0.1) is 5.41 Å². The molecule has 0 bridgehead atoms. The van der Waals surface area contributed by atoms with Gasteiger partial charge in [-0.05, 0) is 30.4 Å². The molecule has 4 heteroatoms. The van der Waals surface area contributed by atoms with E-state index in [-0.39, 0.29) is 5.41 Å². The van der Waals surface area contributed by atoms with Gasteiger partial charge in [-0.3, -0.25) is 0 Å². The third kappa shape index (κ3) is 2.03. The Balaban J connectivity index is 2.15. The zero-order valence-electron chi connectivity index (χ0n) is 11.2. The fourth-order valence-corrected chi connectivity index (χ4v) is 2.73. The second-order valence-electron chi connectivity index (χ2n) is 5.82. The predicted octanol–water partition coefficient (Wildman–Crippen LogP) is 3.02. The lowest BCUT2D eigenvalue weighted by molar-refractivity contribution is 0.305. The summed E-state index contributed by atoms with van der Waals surface area (Å²) >= 11 is 0. The molecule has 1 N–H and O–H groups in total. The molecule has 3 rings (SSSR count). The number of fused-ring (bicyclic) bond motifs is 1. The Bertz CT molecular complexity index is 626. The lowest BCUT2D eigenvalue weighted by Gasteiger charge is -2.30. The summed E-state index contributed by atoms with van der Waals surface area (Å²) in [5.74, 6) is 0. The van der Waals surface area contributed by atoms with Gasteiger partial charge in [-0.15, -0.1) is 0 Å². The molecule has 98 valence electrons. The summed E-state index contributed by atoms with van der Waals surface area (Å²) in [4.78, 5) is 0. The van der Waals surface area contributed by atoms with E-state index in [2.05, 4.69) is 24.1 Å². The molecule has 1 aliphatic rings. The molecule has 0 unspecified atom stereocenters. The van der Waals surface area contributed by atoms with E-state index in [1.54, 1.807) is 6.20 Å². The van der Waals surface area contributed by atoms with Gasteiger partial charge in [0.05, 0.1) is 23.3 Å². The minimum atomic E-state index is 0.0845. The lowest BCUT2D eigenvalue weighted by atomic mass is 9.76. The molecule has 0 atom stereocenters. The number of para-hydroxylation sites is 1. The van der Waals surface area contributed by atoms with Crippen molar-refractivity contribution in [2.75, 3.05) is 0 Å². The number of aromatic nitrogens is 2. The molecule has 1 aliphatic carbocycles. The number of nitrogens with zero attached hydrogens (tertiary/aromatic N) is 3. The number of oxime groups is 1. The van der Waals surface area contributed by atoms with Gasteiger partial charge in [-0.1, -0.05) is 37.2 Å². The first-order chi connectivity index (χ1) is 9.11. The highest BCUT2D eigenvalue weighted by Crippen LogP contribution is 2.35. The normalized spacial score (nSPS) is 19.4. The Morgan fingerprint density at radius 1 is 1.21 bits per heavy atom. The van der Waals surface area contributed by atoms with Crippen LogP contribution >= 0.6 is 0 Å². The van der Waals surface area contributed by atoms with E-state index in [0.29, 0.717) is 0 Å². The van der Waals surface area contributed by atoms with Crippen LogP contribution < -0.4 is 0 Å². The summed E-state index contributed by atoms with van der Waals surface area (Å²) in [6.45, 7) is 4.37. The number of rotatable bonds is 1. The molecule has 1 aromatic heterocycles. The molecule has 0 saturated carbocycles. The number of hydrogen-bond donors (Lipinski definition) is 1. The van der Waals surface area contributed by atoms with E-state index in [0.717, 1.165) is 35.5 Å². The first-order valence-corrected chi connectivity index (χ1v) is 6.44. The smallest absolute Gasteiger partial charge is 0.0907 e. The maximum absolute atomic E-state index is 9.20. The van der Waals surface area contributed by atoms with Crippen molar-refractivity contribution in [2.24, 2.45) is 10.6 Å². The van der Waals surface area contributed by atoms with Crippen molar-refractivity contribution in [1.82, 2.24) is 9.78 Å². The summed E-state index contributed by atoms with van der Waals surface area (Å²) in [7, 11) is 0. The molecule has 19 heavy (non-hydrogen) atoms. The van der Waals surface area contributed by atoms with Crippen molar-refractivity contribution in [3.63, 3.8) is 0 Å². The Morgan fingerprint density at radius 2 is 1.95 bits per heavy atom. The SMILES string of the molecule is CC1(C)C/C(=N\O)c2cnn(-c3ccccc3)c2C1. The van der Waals surface area contributed by atoms with Crippen LogP contribution in [0.5, 0.6) is 0 Å². The van der Waals surface area contributed by atoms with Gasteiger partial charge in [0.1, 0.15) is 0 Å². The third-order valence-electron chi connectivity index (χ3n) is 3.59. The lowest BCUT2D eigenvalue weighted by Crippen LogP contribution is -2.28. The second-order valence-corrected chi connectivity index (χ2v) is 5.82. The Hall–Kier alpha value is -2.10. The monoisotopic (exact) mass is 255 g/mol. The molecular weight excluding hydrogens is 238 g/mol. The molecule has 4 nitrogen and oxygen atoms in total. The van der Waals surface area contributed by atoms with Crippen LogP contribution in [0.25, 0.3) is 5.69 Å². The quantitative estimate of drug-likeness (QED) is 0.629. The molecule has 0 amide bonds. The first kappa shape index (κ1) is 12.0. The molecule has 0 radical (unpaired) electrons. The van der Waals surface area contributed by atoms with Crippen LogP contribution in [-0.4, -0.2) is 20.7 Å². The molecule has 1 heterocycles. The maximum atomic E-state index is 9.20. The van der Waals surface area contributed by atoms with Crippen LogP contribution in [0.4, 0.5) is 0 Å². The zero-order valence-corrected chi connectivity index (χ0v) is 11.2. The highest BCUT2D eigenvalue weighted by Gasteiger charge is 2.33. The minimum Gasteiger partial charge on any atom is -0.411 e. The van der Waals surface area contributed by atoms with E-state index in [9.17, 15) is 5.21 Å². The van der Waals surface area contributed by atoms with Gasteiger partial charge in [-0.2, -0.15) is 5.10 Å². The van der Waals surface area contributed by atoms with Gasteiger partial charge >= 0.3 is 0 Å². The molecular formula is C15H17N3O. The molecule has 0 spiro atoms. The molecule has 1 aromatic carbocycles. The van der Waals surface area contributed by atoms with Crippen molar-refractivity contribution in [3.05, 3.63) is 47.8 Å².